The third-order valence-electron chi connectivity index (χ3n) is 4.78. The van der Waals surface area contributed by atoms with E-state index >= 15 is 0 Å². The summed E-state index contributed by atoms with van der Waals surface area (Å²) in [5.41, 5.74) is 1.53. The van der Waals surface area contributed by atoms with Gasteiger partial charge in [-0.25, -0.2) is 17.8 Å². The summed E-state index contributed by atoms with van der Waals surface area (Å²) < 4.78 is 40.3. The van der Waals surface area contributed by atoms with E-state index < -0.39 is 10.0 Å². The maximum atomic E-state index is 13.0. The Kier molecular flexibility index (Phi) is 5.80. The molecule has 1 unspecified atom stereocenters. The molecule has 1 saturated heterocycles. The average molecular weight is 447 g/mol. The smallest absolute Gasteiger partial charge is 0.263 e. The van der Waals surface area contributed by atoms with Gasteiger partial charge in [0.15, 0.2) is 5.13 Å². The number of sulfonamides is 1. The highest BCUT2D eigenvalue weighted by Gasteiger charge is 2.32. The third-order valence-corrected chi connectivity index (χ3v) is 6.96. The van der Waals surface area contributed by atoms with Crippen LogP contribution in [0.4, 0.5) is 15.2 Å². The van der Waals surface area contributed by atoms with E-state index in [0.29, 0.717) is 30.3 Å². The van der Waals surface area contributed by atoms with Crippen molar-refractivity contribution in [2.45, 2.75) is 23.9 Å². The van der Waals surface area contributed by atoms with Gasteiger partial charge in [-0.2, -0.15) is 0 Å². The fourth-order valence-corrected chi connectivity index (χ4v) is 5.01. The van der Waals surface area contributed by atoms with Crippen molar-refractivity contribution in [3.63, 3.8) is 0 Å². The lowest BCUT2D eigenvalue weighted by atomic mass is 10.2. The summed E-state index contributed by atoms with van der Waals surface area (Å²) in [5.74, 6) is -0.372. The summed E-state index contributed by atoms with van der Waals surface area (Å²) in [5, 5.41) is 5.18. The van der Waals surface area contributed by atoms with Crippen LogP contribution in [0.3, 0.4) is 0 Å². The summed E-state index contributed by atoms with van der Waals surface area (Å²) in [7, 11) is -3.73. The second kappa shape index (κ2) is 8.50. The molecule has 2 aromatic carbocycles. The highest BCUT2D eigenvalue weighted by atomic mass is 32.2. The van der Waals surface area contributed by atoms with E-state index in [9.17, 15) is 17.6 Å². The zero-order valence-electron chi connectivity index (χ0n) is 15.8. The number of hydrogen-bond donors (Lipinski definition) is 2. The molecule has 3 aromatic rings. The summed E-state index contributed by atoms with van der Waals surface area (Å²) >= 11 is 1.19. The van der Waals surface area contributed by atoms with Gasteiger partial charge in [0.1, 0.15) is 5.82 Å². The molecule has 4 rings (SSSR count). The number of anilines is 2. The van der Waals surface area contributed by atoms with Crippen LogP contribution in [0.2, 0.25) is 0 Å². The van der Waals surface area contributed by atoms with E-state index in [0.717, 1.165) is 5.56 Å². The Morgan fingerprint density at radius 3 is 2.53 bits per heavy atom. The number of halogens is 1. The average Bonchev–Trinajstić information content (AvgIpc) is 3.37. The summed E-state index contributed by atoms with van der Waals surface area (Å²) in [4.78, 5) is 18.4. The van der Waals surface area contributed by atoms with E-state index in [1.807, 2.05) is 0 Å². The Balaban J connectivity index is 1.39. The maximum absolute atomic E-state index is 13.0. The molecule has 1 aliphatic heterocycles. The molecule has 1 amide bonds. The number of thiazole rings is 1. The van der Waals surface area contributed by atoms with Gasteiger partial charge in [-0.15, -0.1) is 11.3 Å². The molecule has 10 heteroatoms. The summed E-state index contributed by atoms with van der Waals surface area (Å²) in [6, 6.07) is 12.0. The minimum atomic E-state index is -3.73. The SMILES string of the molecule is O=C1C(NCc2ccc(F)cc2)CCN1c1ccc(S(=O)(=O)Nc2nccs2)cc1. The fourth-order valence-electron chi connectivity index (χ4n) is 3.22. The Morgan fingerprint density at radius 1 is 1.13 bits per heavy atom. The number of benzene rings is 2. The first-order valence-electron chi connectivity index (χ1n) is 9.24. The lowest BCUT2D eigenvalue weighted by Gasteiger charge is -2.18. The number of nitrogens with one attached hydrogen (secondary N) is 2. The van der Waals surface area contributed by atoms with Crippen LogP contribution < -0.4 is 14.9 Å². The van der Waals surface area contributed by atoms with Crippen LogP contribution in [0.25, 0.3) is 0 Å². The summed E-state index contributed by atoms with van der Waals surface area (Å²) in [6.45, 7) is 0.994. The lowest BCUT2D eigenvalue weighted by Crippen LogP contribution is -2.38. The number of amides is 1. The highest BCUT2D eigenvalue weighted by molar-refractivity contribution is 7.93. The largest absolute Gasteiger partial charge is 0.311 e. The predicted molar refractivity (Wildman–Crippen MR) is 113 cm³/mol. The predicted octanol–water partition coefficient (Wildman–Crippen LogP) is 2.98. The molecule has 0 aliphatic carbocycles. The number of hydrogen-bond acceptors (Lipinski definition) is 6. The van der Waals surface area contributed by atoms with Gasteiger partial charge in [0, 0.05) is 30.4 Å². The van der Waals surface area contributed by atoms with Crippen LogP contribution in [-0.2, 0) is 21.4 Å². The first-order chi connectivity index (χ1) is 14.4. The van der Waals surface area contributed by atoms with Gasteiger partial charge in [-0.3, -0.25) is 9.52 Å². The molecule has 1 fully saturated rings. The zero-order chi connectivity index (χ0) is 21.1. The van der Waals surface area contributed by atoms with Crippen LogP contribution in [0, 0.1) is 5.82 Å². The molecule has 2 N–H and O–H groups in total. The first kappa shape index (κ1) is 20.5. The number of aromatic nitrogens is 1. The number of carbonyl (C=O) groups is 1. The molecule has 7 nitrogen and oxygen atoms in total. The maximum Gasteiger partial charge on any atom is 0.263 e. The molecule has 30 heavy (non-hydrogen) atoms. The minimum absolute atomic E-state index is 0.0753. The van der Waals surface area contributed by atoms with E-state index in [4.69, 9.17) is 0 Å². The minimum Gasteiger partial charge on any atom is -0.311 e. The van der Waals surface area contributed by atoms with Crippen molar-refractivity contribution in [1.29, 1.82) is 0 Å². The van der Waals surface area contributed by atoms with Gasteiger partial charge < -0.3 is 10.2 Å². The van der Waals surface area contributed by atoms with Crippen molar-refractivity contribution in [3.8, 4) is 0 Å². The second-order valence-electron chi connectivity index (χ2n) is 6.78. The van der Waals surface area contributed by atoms with Crippen LogP contribution >= 0.6 is 11.3 Å². The van der Waals surface area contributed by atoms with E-state index in [1.165, 1.54) is 41.8 Å². The molecule has 2 heterocycles. The van der Waals surface area contributed by atoms with Crippen molar-refractivity contribution < 1.29 is 17.6 Å². The third kappa shape index (κ3) is 4.50. The van der Waals surface area contributed by atoms with Crippen molar-refractivity contribution >= 4 is 38.1 Å². The van der Waals surface area contributed by atoms with Crippen molar-refractivity contribution in [2.75, 3.05) is 16.2 Å². The monoisotopic (exact) mass is 446 g/mol. The Morgan fingerprint density at radius 2 is 1.87 bits per heavy atom. The molecule has 0 bridgehead atoms. The van der Waals surface area contributed by atoms with Gasteiger partial charge in [-0.1, -0.05) is 12.1 Å². The second-order valence-corrected chi connectivity index (χ2v) is 9.35. The van der Waals surface area contributed by atoms with Crippen LogP contribution in [-0.4, -0.2) is 31.9 Å². The standard InChI is InChI=1S/C20H19FN4O3S2/c21-15-3-1-14(2-4-15)13-23-18-9-11-25(19(18)26)16-5-7-17(8-6-16)30(27,28)24-20-22-10-12-29-20/h1-8,10,12,18,23H,9,11,13H2,(H,22,24). The number of carbonyl (C=O) groups excluding carboxylic acids is 1. The van der Waals surface area contributed by atoms with Gasteiger partial charge in [0.2, 0.25) is 5.91 Å². The molecule has 1 aromatic heterocycles. The zero-order valence-corrected chi connectivity index (χ0v) is 17.4. The van der Waals surface area contributed by atoms with Gasteiger partial charge in [0.25, 0.3) is 10.0 Å². The molecule has 0 saturated carbocycles. The lowest BCUT2D eigenvalue weighted by molar-refractivity contribution is -0.118. The first-order valence-corrected chi connectivity index (χ1v) is 11.6. The van der Waals surface area contributed by atoms with Crippen molar-refractivity contribution in [1.82, 2.24) is 10.3 Å². The molecule has 0 radical (unpaired) electrons. The van der Waals surface area contributed by atoms with E-state index in [-0.39, 0.29) is 22.7 Å². The molecule has 1 aliphatic rings. The van der Waals surface area contributed by atoms with Gasteiger partial charge >= 0.3 is 0 Å². The highest BCUT2D eigenvalue weighted by Crippen LogP contribution is 2.25. The quantitative estimate of drug-likeness (QED) is 0.582. The van der Waals surface area contributed by atoms with Gasteiger partial charge in [-0.05, 0) is 48.4 Å². The molecular formula is C20H19FN4O3S2. The number of rotatable bonds is 7. The Bertz CT molecular complexity index is 1120. The molecular weight excluding hydrogens is 427 g/mol. The van der Waals surface area contributed by atoms with Crippen molar-refractivity contribution in [2.24, 2.45) is 0 Å². The Hall–Kier alpha value is -2.82. The van der Waals surface area contributed by atoms with Gasteiger partial charge in [0.05, 0.1) is 10.9 Å². The molecule has 1 atom stereocenters. The van der Waals surface area contributed by atoms with Crippen LogP contribution in [0.1, 0.15) is 12.0 Å². The van der Waals surface area contributed by atoms with E-state index in [1.54, 1.807) is 34.5 Å². The van der Waals surface area contributed by atoms with E-state index in [2.05, 4.69) is 15.0 Å². The molecule has 0 spiro atoms. The van der Waals surface area contributed by atoms with Crippen LogP contribution in [0.15, 0.2) is 65.0 Å². The number of nitrogens with zero attached hydrogens (tertiary/aromatic N) is 2. The summed E-state index contributed by atoms with van der Waals surface area (Å²) in [6.07, 6.45) is 2.15. The van der Waals surface area contributed by atoms with Crippen molar-refractivity contribution in [3.05, 3.63) is 71.5 Å². The fraction of sp³-hybridized carbons (Fsp3) is 0.200. The Labute approximate surface area is 177 Å². The molecule has 156 valence electrons. The van der Waals surface area contributed by atoms with Crippen LogP contribution in [0.5, 0.6) is 0 Å². The normalized spacial score (nSPS) is 16.8. The topological polar surface area (TPSA) is 91.4 Å².